The summed E-state index contributed by atoms with van der Waals surface area (Å²) in [6.45, 7) is 7.98. The maximum absolute atomic E-state index is 12.4. The highest BCUT2D eigenvalue weighted by molar-refractivity contribution is 5.89. The first kappa shape index (κ1) is 30.1. The van der Waals surface area contributed by atoms with E-state index in [-0.39, 0.29) is 24.5 Å². The Bertz CT molecular complexity index is 1100. The third kappa shape index (κ3) is 10.5. The summed E-state index contributed by atoms with van der Waals surface area (Å²) in [6.07, 6.45) is -3.57. The highest BCUT2D eigenvalue weighted by Gasteiger charge is 2.22. The summed E-state index contributed by atoms with van der Waals surface area (Å²) in [4.78, 5) is 48.5. The van der Waals surface area contributed by atoms with E-state index >= 15 is 0 Å². The molecule has 0 saturated heterocycles. The molecular weight excluding hydrogens is 498 g/mol. The highest BCUT2D eigenvalue weighted by Crippen LogP contribution is 2.30. The molecule has 0 radical (unpaired) electrons. The molecule has 2 N–H and O–H groups in total. The lowest BCUT2D eigenvalue weighted by molar-refractivity contribution is -0.148. The minimum atomic E-state index is -1.08. The molecule has 206 valence electrons. The zero-order chi connectivity index (χ0) is 28.2. The number of rotatable bonds is 11. The van der Waals surface area contributed by atoms with E-state index in [2.05, 4.69) is 0 Å². The van der Waals surface area contributed by atoms with E-state index in [0.717, 1.165) is 0 Å². The fraction of sp³-hybridized carbons (Fsp3) is 0.407. The van der Waals surface area contributed by atoms with Crippen LogP contribution in [0.5, 0.6) is 11.5 Å². The van der Waals surface area contributed by atoms with Gasteiger partial charge in [0.2, 0.25) is 0 Å². The zero-order valence-electron chi connectivity index (χ0n) is 22.0. The Kier molecular flexibility index (Phi) is 11.5. The second kappa shape index (κ2) is 14.6. The smallest absolute Gasteiger partial charge is 0.461 e. The van der Waals surface area contributed by atoms with E-state index in [1.54, 1.807) is 65.0 Å². The van der Waals surface area contributed by atoms with Crippen LogP contribution in [0.1, 0.15) is 50.5 Å². The van der Waals surface area contributed by atoms with Gasteiger partial charge in [0.1, 0.15) is 18.8 Å². The average molecular weight is 532 g/mol. The minimum Gasteiger partial charge on any atom is -0.461 e. The van der Waals surface area contributed by atoms with E-state index in [0.29, 0.717) is 11.1 Å². The molecule has 0 aromatic heterocycles. The summed E-state index contributed by atoms with van der Waals surface area (Å²) in [7, 11) is 0. The van der Waals surface area contributed by atoms with E-state index in [1.807, 2.05) is 0 Å². The Hall–Kier alpha value is -4.12. The van der Waals surface area contributed by atoms with Gasteiger partial charge in [-0.15, -0.1) is 0 Å². The SMILES string of the molecule is CC(C)OC(=O)Oc1ccc(C[C@H](N)C(=O)OC[C@H](C)OC(=O)c2ccccc2)cc1OC(=O)OC(C)C. The monoisotopic (exact) mass is 531 g/mol. The molecule has 2 aromatic carbocycles. The van der Waals surface area contributed by atoms with Crippen LogP contribution in [0.3, 0.4) is 0 Å². The first-order valence-electron chi connectivity index (χ1n) is 12.0. The largest absolute Gasteiger partial charge is 0.514 e. The van der Waals surface area contributed by atoms with Gasteiger partial charge in [-0.05, 0) is 70.9 Å². The van der Waals surface area contributed by atoms with Crippen LogP contribution in [0.4, 0.5) is 9.59 Å². The number of benzene rings is 2. The van der Waals surface area contributed by atoms with Crippen LogP contribution in [0.15, 0.2) is 48.5 Å². The predicted octanol–water partition coefficient (Wildman–Crippen LogP) is 4.19. The fourth-order valence-electron chi connectivity index (χ4n) is 2.96. The van der Waals surface area contributed by atoms with Crippen molar-refractivity contribution in [3.63, 3.8) is 0 Å². The molecule has 0 bridgehead atoms. The van der Waals surface area contributed by atoms with Crippen molar-refractivity contribution in [2.45, 2.75) is 65.4 Å². The molecule has 2 rings (SSSR count). The Balaban J connectivity index is 2.00. The molecule has 0 aliphatic heterocycles. The van der Waals surface area contributed by atoms with Crippen molar-refractivity contribution in [1.29, 1.82) is 0 Å². The van der Waals surface area contributed by atoms with Gasteiger partial charge in [-0.2, -0.15) is 0 Å². The molecule has 0 spiro atoms. The molecule has 0 aliphatic rings. The third-order valence-corrected chi connectivity index (χ3v) is 4.59. The van der Waals surface area contributed by atoms with E-state index in [9.17, 15) is 19.2 Å². The number of carbonyl (C=O) groups is 4. The van der Waals surface area contributed by atoms with Gasteiger partial charge in [0, 0.05) is 0 Å². The van der Waals surface area contributed by atoms with Crippen LogP contribution in [-0.4, -0.2) is 55.2 Å². The maximum atomic E-state index is 12.4. The molecule has 0 unspecified atom stereocenters. The number of carbonyl (C=O) groups excluding carboxylic acids is 4. The Morgan fingerprint density at radius 2 is 1.34 bits per heavy atom. The second-order valence-electron chi connectivity index (χ2n) is 8.84. The summed E-state index contributed by atoms with van der Waals surface area (Å²) >= 11 is 0. The zero-order valence-corrected chi connectivity index (χ0v) is 22.0. The molecule has 0 fully saturated rings. The predicted molar refractivity (Wildman–Crippen MR) is 135 cm³/mol. The second-order valence-corrected chi connectivity index (χ2v) is 8.84. The topological polar surface area (TPSA) is 150 Å². The van der Waals surface area contributed by atoms with Crippen LogP contribution in [0, 0.1) is 0 Å². The molecule has 0 aliphatic carbocycles. The third-order valence-electron chi connectivity index (χ3n) is 4.59. The lowest BCUT2D eigenvalue weighted by Gasteiger charge is -2.17. The van der Waals surface area contributed by atoms with Crippen molar-refractivity contribution in [2.75, 3.05) is 6.61 Å². The molecule has 0 saturated carbocycles. The molecule has 0 amide bonds. The van der Waals surface area contributed by atoms with Crippen LogP contribution in [0.2, 0.25) is 0 Å². The highest BCUT2D eigenvalue weighted by atomic mass is 16.7. The van der Waals surface area contributed by atoms with Gasteiger partial charge in [0.25, 0.3) is 0 Å². The van der Waals surface area contributed by atoms with Crippen molar-refractivity contribution < 1.29 is 47.6 Å². The molecule has 0 heterocycles. The Labute approximate surface area is 221 Å². The number of nitrogens with two attached hydrogens (primary N) is 1. The molecular formula is C27H33NO10. The summed E-state index contributed by atoms with van der Waals surface area (Å²) in [5.41, 5.74) is 6.86. The van der Waals surface area contributed by atoms with Gasteiger partial charge in [-0.25, -0.2) is 14.4 Å². The fourth-order valence-corrected chi connectivity index (χ4v) is 2.96. The lowest BCUT2D eigenvalue weighted by Crippen LogP contribution is -2.36. The maximum Gasteiger partial charge on any atom is 0.514 e. The van der Waals surface area contributed by atoms with Gasteiger partial charge in [0.05, 0.1) is 17.8 Å². The van der Waals surface area contributed by atoms with E-state index in [1.165, 1.54) is 18.2 Å². The van der Waals surface area contributed by atoms with E-state index < -0.39 is 48.6 Å². The van der Waals surface area contributed by atoms with Crippen LogP contribution < -0.4 is 15.2 Å². The Morgan fingerprint density at radius 3 is 1.92 bits per heavy atom. The van der Waals surface area contributed by atoms with Crippen molar-refractivity contribution in [1.82, 2.24) is 0 Å². The van der Waals surface area contributed by atoms with Crippen molar-refractivity contribution in [3.8, 4) is 11.5 Å². The number of hydrogen-bond acceptors (Lipinski definition) is 11. The normalized spacial score (nSPS) is 12.3. The first-order chi connectivity index (χ1) is 17.9. The summed E-state index contributed by atoms with van der Waals surface area (Å²) < 4.78 is 30.7. The van der Waals surface area contributed by atoms with E-state index in [4.69, 9.17) is 34.2 Å². The molecule has 11 heteroatoms. The van der Waals surface area contributed by atoms with Crippen molar-refractivity contribution in [2.24, 2.45) is 5.73 Å². The minimum absolute atomic E-state index is 0.00330. The Morgan fingerprint density at radius 1 is 0.763 bits per heavy atom. The standard InChI is InChI=1S/C27H33NO10/c1-16(2)34-26(31)37-22-12-11-19(14-23(22)38-27(32)35-17(3)4)13-21(28)25(30)33-15-18(5)36-24(29)20-9-7-6-8-10-20/h6-12,14,16-18,21H,13,15,28H2,1-5H3/t18-,21-/m0/s1. The van der Waals surface area contributed by atoms with Crippen LogP contribution >= 0.6 is 0 Å². The van der Waals surface area contributed by atoms with Gasteiger partial charge in [0.15, 0.2) is 11.5 Å². The summed E-state index contributed by atoms with van der Waals surface area (Å²) in [6, 6.07) is 11.6. The molecule has 2 aromatic rings. The van der Waals surface area contributed by atoms with Gasteiger partial charge < -0.3 is 34.2 Å². The molecule has 2 atom stereocenters. The summed E-state index contributed by atoms with van der Waals surface area (Å²) in [5.74, 6) is -1.49. The first-order valence-corrected chi connectivity index (χ1v) is 12.0. The van der Waals surface area contributed by atoms with Gasteiger partial charge >= 0.3 is 24.2 Å². The summed E-state index contributed by atoms with van der Waals surface area (Å²) in [5, 5.41) is 0. The molecule has 38 heavy (non-hydrogen) atoms. The van der Waals surface area contributed by atoms with Crippen molar-refractivity contribution >= 4 is 24.2 Å². The number of hydrogen-bond donors (Lipinski definition) is 1. The quantitative estimate of drug-likeness (QED) is 0.252. The number of ether oxygens (including phenoxy) is 6. The molecule has 11 nitrogen and oxygen atoms in total. The van der Waals surface area contributed by atoms with Crippen molar-refractivity contribution in [3.05, 3.63) is 59.7 Å². The average Bonchev–Trinajstić information content (AvgIpc) is 2.83. The number of esters is 2. The van der Waals surface area contributed by atoms with Crippen LogP contribution in [0.25, 0.3) is 0 Å². The lowest BCUT2D eigenvalue weighted by atomic mass is 10.1. The van der Waals surface area contributed by atoms with Gasteiger partial charge in [-0.3, -0.25) is 4.79 Å². The van der Waals surface area contributed by atoms with Gasteiger partial charge in [-0.1, -0.05) is 24.3 Å². The van der Waals surface area contributed by atoms with Crippen LogP contribution in [-0.2, 0) is 30.2 Å².